The maximum atomic E-state index is 12.3. The van der Waals surface area contributed by atoms with Gasteiger partial charge in [-0.3, -0.25) is 0 Å². The lowest BCUT2D eigenvalue weighted by atomic mass is 9.89. The second-order valence-corrected chi connectivity index (χ2v) is 7.04. The molecule has 2 aromatic carbocycles. The second kappa shape index (κ2) is 5.50. The molecule has 1 aliphatic rings. The Morgan fingerprint density at radius 2 is 1.81 bits per heavy atom. The van der Waals surface area contributed by atoms with Crippen LogP contribution in [0.4, 0.5) is 0 Å². The zero-order valence-corrected chi connectivity index (χ0v) is 12.3. The van der Waals surface area contributed by atoms with E-state index in [1.165, 1.54) is 35.4 Å². The lowest BCUT2D eigenvalue weighted by Crippen LogP contribution is -2.38. The topological polar surface area (TPSA) is 66.4 Å². The van der Waals surface area contributed by atoms with Gasteiger partial charge in [0.05, 0.1) is 4.90 Å². The molecule has 0 bridgehead atoms. The van der Waals surface area contributed by atoms with E-state index in [-0.39, 0.29) is 16.7 Å². The van der Waals surface area contributed by atoms with Gasteiger partial charge in [0.2, 0.25) is 10.0 Å². The van der Waals surface area contributed by atoms with Crippen LogP contribution < -0.4 is 4.72 Å². The van der Waals surface area contributed by atoms with Crippen molar-refractivity contribution >= 4 is 10.0 Å². The monoisotopic (exact) mass is 303 g/mol. The third-order valence-electron chi connectivity index (χ3n) is 3.80. The van der Waals surface area contributed by atoms with E-state index in [1.807, 2.05) is 18.2 Å². The Balaban J connectivity index is 1.78. The maximum absolute atomic E-state index is 12.3. The molecule has 2 N–H and O–H groups in total. The van der Waals surface area contributed by atoms with Crippen molar-refractivity contribution in [2.24, 2.45) is 0 Å². The smallest absolute Gasteiger partial charge is 0.240 e. The summed E-state index contributed by atoms with van der Waals surface area (Å²) in [5.41, 5.74) is 2.50. The highest BCUT2D eigenvalue weighted by molar-refractivity contribution is 7.89. The summed E-state index contributed by atoms with van der Waals surface area (Å²) >= 11 is 0. The van der Waals surface area contributed by atoms with Gasteiger partial charge >= 0.3 is 0 Å². The summed E-state index contributed by atoms with van der Waals surface area (Å²) in [5.74, 6) is -0.0492. The van der Waals surface area contributed by atoms with Gasteiger partial charge in [-0.1, -0.05) is 30.3 Å². The summed E-state index contributed by atoms with van der Waals surface area (Å²) in [6.07, 6.45) is 2.37. The minimum atomic E-state index is -3.59. The molecule has 110 valence electrons. The zero-order chi connectivity index (χ0) is 14.9. The number of rotatable bonds is 3. The van der Waals surface area contributed by atoms with E-state index in [0.717, 1.165) is 12.8 Å². The van der Waals surface area contributed by atoms with Gasteiger partial charge < -0.3 is 5.11 Å². The number of hydrogen-bond acceptors (Lipinski definition) is 3. The number of aromatic hydroxyl groups is 1. The average molecular weight is 303 g/mol. The number of fused-ring (bicyclic) bond motifs is 1. The lowest BCUT2D eigenvalue weighted by Gasteiger charge is -2.25. The number of aryl methyl sites for hydroxylation is 1. The number of hydrogen-bond donors (Lipinski definition) is 2. The van der Waals surface area contributed by atoms with Crippen molar-refractivity contribution < 1.29 is 13.5 Å². The van der Waals surface area contributed by atoms with Crippen molar-refractivity contribution in [2.75, 3.05) is 0 Å². The number of nitrogens with one attached hydrogen (secondary N) is 1. The first-order valence-electron chi connectivity index (χ1n) is 6.93. The molecule has 1 aliphatic carbocycles. The molecule has 2 aromatic rings. The second-order valence-electron chi connectivity index (χ2n) is 5.33. The largest absolute Gasteiger partial charge is 0.508 e. The van der Waals surface area contributed by atoms with Gasteiger partial charge in [0, 0.05) is 6.04 Å². The molecule has 0 saturated heterocycles. The summed E-state index contributed by atoms with van der Waals surface area (Å²) < 4.78 is 27.4. The van der Waals surface area contributed by atoms with Crippen LogP contribution in [0.5, 0.6) is 5.75 Å². The van der Waals surface area contributed by atoms with Gasteiger partial charge in [-0.15, -0.1) is 0 Å². The Kier molecular flexibility index (Phi) is 3.69. The van der Waals surface area contributed by atoms with Gasteiger partial charge in [0.25, 0.3) is 0 Å². The molecule has 0 aromatic heterocycles. The third kappa shape index (κ3) is 3.09. The Morgan fingerprint density at radius 1 is 1.05 bits per heavy atom. The van der Waals surface area contributed by atoms with Gasteiger partial charge in [-0.2, -0.15) is 0 Å². The normalized spacial score (nSPS) is 18.2. The molecule has 0 spiro atoms. The summed E-state index contributed by atoms with van der Waals surface area (Å²) in [6.45, 7) is 0. The van der Waals surface area contributed by atoms with Crippen LogP contribution in [0.3, 0.4) is 0 Å². The molecule has 0 heterocycles. The predicted molar refractivity (Wildman–Crippen MR) is 80.7 cm³/mol. The van der Waals surface area contributed by atoms with Crippen LogP contribution in [-0.4, -0.2) is 19.6 Å². The first-order valence-corrected chi connectivity index (χ1v) is 8.41. The molecule has 0 saturated carbocycles. The highest BCUT2D eigenvalue weighted by atomic mass is 32.2. The quantitative estimate of drug-likeness (QED) is 0.914. The molecule has 0 fully saturated rings. The first-order chi connectivity index (χ1) is 10.0. The molecule has 4 nitrogen and oxygen atoms in total. The van der Waals surface area contributed by atoms with E-state index in [1.54, 1.807) is 0 Å². The van der Waals surface area contributed by atoms with Gasteiger partial charge in [-0.05, 0) is 48.6 Å². The fraction of sp³-hybridized carbons (Fsp3) is 0.250. The zero-order valence-electron chi connectivity index (χ0n) is 11.5. The molecule has 0 radical (unpaired) electrons. The molecule has 0 aliphatic heterocycles. The van der Waals surface area contributed by atoms with Crippen LogP contribution in [-0.2, 0) is 22.9 Å². The van der Waals surface area contributed by atoms with Crippen LogP contribution in [0.15, 0.2) is 53.4 Å². The van der Waals surface area contributed by atoms with E-state index >= 15 is 0 Å². The standard InChI is InChI=1S/C16H17NO3S/c18-15-6-3-7-16(11-15)21(19,20)17-14-9-8-12-4-1-2-5-13(12)10-14/h1-7,11,14,17-18H,8-10H2. The van der Waals surface area contributed by atoms with Gasteiger partial charge in [0.15, 0.2) is 0 Å². The van der Waals surface area contributed by atoms with E-state index in [2.05, 4.69) is 10.8 Å². The summed E-state index contributed by atoms with van der Waals surface area (Å²) in [4.78, 5) is 0.0985. The van der Waals surface area contributed by atoms with E-state index in [4.69, 9.17) is 0 Å². The van der Waals surface area contributed by atoms with E-state index < -0.39 is 10.0 Å². The highest BCUT2D eigenvalue weighted by Gasteiger charge is 2.24. The van der Waals surface area contributed by atoms with Crippen molar-refractivity contribution in [3.63, 3.8) is 0 Å². The van der Waals surface area contributed by atoms with Crippen molar-refractivity contribution in [2.45, 2.75) is 30.2 Å². The fourth-order valence-electron chi connectivity index (χ4n) is 2.74. The van der Waals surface area contributed by atoms with E-state index in [0.29, 0.717) is 6.42 Å². The average Bonchev–Trinajstić information content (AvgIpc) is 2.47. The number of phenolic OH excluding ortho intramolecular Hbond substituents is 1. The SMILES string of the molecule is O=S(=O)(NC1CCc2ccccc2C1)c1cccc(O)c1. The van der Waals surface area contributed by atoms with Gasteiger partial charge in [-0.25, -0.2) is 13.1 Å². The van der Waals surface area contributed by atoms with Crippen LogP contribution in [0.2, 0.25) is 0 Å². The van der Waals surface area contributed by atoms with Crippen LogP contribution in [0.25, 0.3) is 0 Å². The molecular weight excluding hydrogens is 286 g/mol. The summed E-state index contributed by atoms with van der Waals surface area (Å²) in [6, 6.07) is 13.8. The van der Waals surface area contributed by atoms with Crippen LogP contribution in [0.1, 0.15) is 17.5 Å². The highest BCUT2D eigenvalue weighted by Crippen LogP contribution is 2.23. The Hall–Kier alpha value is -1.85. The predicted octanol–water partition coefficient (Wildman–Crippen LogP) is 2.23. The van der Waals surface area contributed by atoms with E-state index in [9.17, 15) is 13.5 Å². The van der Waals surface area contributed by atoms with Crippen LogP contribution in [0, 0.1) is 0 Å². The van der Waals surface area contributed by atoms with Gasteiger partial charge in [0.1, 0.15) is 5.75 Å². The fourth-order valence-corrected chi connectivity index (χ4v) is 4.05. The van der Waals surface area contributed by atoms with Crippen molar-refractivity contribution in [3.05, 3.63) is 59.7 Å². The minimum Gasteiger partial charge on any atom is -0.508 e. The van der Waals surface area contributed by atoms with Crippen molar-refractivity contribution in [1.29, 1.82) is 0 Å². The molecular formula is C16H17NO3S. The number of phenols is 1. The number of benzene rings is 2. The molecule has 1 atom stereocenters. The Bertz CT molecular complexity index is 756. The maximum Gasteiger partial charge on any atom is 0.240 e. The summed E-state index contributed by atoms with van der Waals surface area (Å²) in [5, 5.41) is 9.42. The minimum absolute atomic E-state index is 0.0492. The van der Waals surface area contributed by atoms with Crippen molar-refractivity contribution in [3.8, 4) is 5.75 Å². The molecule has 5 heteroatoms. The van der Waals surface area contributed by atoms with Crippen molar-refractivity contribution in [1.82, 2.24) is 4.72 Å². The lowest BCUT2D eigenvalue weighted by molar-refractivity contribution is 0.472. The summed E-state index contributed by atoms with van der Waals surface area (Å²) in [7, 11) is -3.59. The third-order valence-corrected chi connectivity index (χ3v) is 5.31. The van der Waals surface area contributed by atoms with Crippen LogP contribution >= 0.6 is 0 Å². The Morgan fingerprint density at radius 3 is 2.57 bits per heavy atom. The Labute approximate surface area is 124 Å². The molecule has 1 unspecified atom stereocenters. The first kappa shape index (κ1) is 14.1. The number of sulfonamides is 1. The molecule has 3 rings (SSSR count). The molecule has 0 amide bonds. The molecule has 21 heavy (non-hydrogen) atoms.